The third-order valence-electron chi connectivity index (χ3n) is 3.91. The van der Waals surface area contributed by atoms with Crippen LogP contribution in [-0.4, -0.2) is 42.4 Å². The van der Waals surface area contributed by atoms with E-state index in [0.717, 1.165) is 44.6 Å². The van der Waals surface area contributed by atoms with E-state index in [9.17, 15) is 4.79 Å². The minimum absolute atomic E-state index is 0.268. The maximum absolute atomic E-state index is 11.8. The molecule has 0 saturated carbocycles. The van der Waals surface area contributed by atoms with E-state index in [1.54, 1.807) is 12.3 Å². The molecular formula is C16H24N2O3. The van der Waals surface area contributed by atoms with Gasteiger partial charge in [0.05, 0.1) is 12.2 Å². The van der Waals surface area contributed by atoms with Gasteiger partial charge in [-0.3, -0.25) is 0 Å². The Hall–Kier alpha value is -1.62. The van der Waals surface area contributed by atoms with Gasteiger partial charge in [0.1, 0.15) is 5.82 Å². The number of hydrogen-bond donors (Lipinski definition) is 1. The number of ether oxygens (including phenoxy) is 1. The van der Waals surface area contributed by atoms with E-state index in [0.29, 0.717) is 18.1 Å². The number of anilines is 1. The minimum Gasteiger partial charge on any atom is -0.462 e. The smallest absolute Gasteiger partial charge is 0.339 e. The number of rotatable bonds is 6. The van der Waals surface area contributed by atoms with Gasteiger partial charge in [0.25, 0.3) is 0 Å². The van der Waals surface area contributed by atoms with Gasteiger partial charge < -0.3 is 14.7 Å². The van der Waals surface area contributed by atoms with Gasteiger partial charge in [-0.1, -0.05) is 13.3 Å². The molecular weight excluding hydrogens is 268 g/mol. The van der Waals surface area contributed by atoms with Crippen molar-refractivity contribution in [2.75, 3.05) is 31.2 Å². The van der Waals surface area contributed by atoms with Gasteiger partial charge in [0, 0.05) is 25.9 Å². The van der Waals surface area contributed by atoms with Gasteiger partial charge in [-0.05, 0) is 37.3 Å². The van der Waals surface area contributed by atoms with Crippen LogP contribution >= 0.6 is 0 Å². The number of piperidine rings is 1. The molecule has 1 aromatic heterocycles. The molecule has 5 heteroatoms. The largest absolute Gasteiger partial charge is 0.462 e. The Kier molecular flexibility index (Phi) is 5.99. The van der Waals surface area contributed by atoms with Crippen molar-refractivity contribution < 1.29 is 14.6 Å². The third kappa shape index (κ3) is 4.43. The van der Waals surface area contributed by atoms with Crippen molar-refractivity contribution in [2.45, 2.75) is 32.6 Å². The van der Waals surface area contributed by atoms with Gasteiger partial charge in [-0.2, -0.15) is 0 Å². The van der Waals surface area contributed by atoms with Crippen LogP contribution in [0.5, 0.6) is 0 Å². The number of hydrogen-bond acceptors (Lipinski definition) is 5. The number of aliphatic hydroxyl groups excluding tert-OH is 1. The maximum atomic E-state index is 11.8. The predicted molar refractivity (Wildman–Crippen MR) is 81.5 cm³/mol. The standard InChI is InChI=1S/C16H24N2O3/c1-2-3-10-21-16(20)14-4-5-15(17-11-14)18-8-6-13(12-19)7-9-18/h4-5,11,13,19H,2-3,6-10,12H2,1H3. The molecule has 0 aliphatic carbocycles. The highest BCUT2D eigenvalue weighted by Crippen LogP contribution is 2.21. The second kappa shape index (κ2) is 7.98. The Labute approximate surface area is 125 Å². The fourth-order valence-electron chi connectivity index (χ4n) is 2.43. The van der Waals surface area contributed by atoms with E-state index in [4.69, 9.17) is 9.84 Å². The van der Waals surface area contributed by atoms with E-state index in [-0.39, 0.29) is 12.6 Å². The number of pyridine rings is 1. The third-order valence-corrected chi connectivity index (χ3v) is 3.91. The Balaban J connectivity index is 1.88. The van der Waals surface area contributed by atoms with Crippen LogP contribution in [0.25, 0.3) is 0 Å². The first-order valence-electron chi connectivity index (χ1n) is 7.73. The van der Waals surface area contributed by atoms with Crippen molar-refractivity contribution in [3.8, 4) is 0 Å². The van der Waals surface area contributed by atoms with E-state index in [1.165, 1.54) is 0 Å². The van der Waals surface area contributed by atoms with Gasteiger partial charge >= 0.3 is 5.97 Å². The van der Waals surface area contributed by atoms with E-state index < -0.39 is 0 Å². The number of nitrogens with zero attached hydrogens (tertiary/aromatic N) is 2. The summed E-state index contributed by atoms with van der Waals surface area (Å²) < 4.78 is 5.16. The number of carbonyl (C=O) groups excluding carboxylic acids is 1. The Bertz CT molecular complexity index is 439. The van der Waals surface area contributed by atoms with Crippen LogP contribution in [0.1, 0.15) is 43.0 Å². The normalized spacial score (nSPS) is 16.0. The fraction of sp³-hybridized carbons (Fsp3) is 0.625. The van der Waals surface area contributed by atoms with Crippen LogP contribution in [0.4, 0.5) is 5.82 Å². The van der Waals surface area contributed by atoms with Gasteiger partial charge in [0.15, 0.2) is 0 Å². The van der Waals surface area contributed by atoms with Crippen LogP contribution in [0.3, 0.4) is 0 Å². The summed E-state index contributed by atoms with van der Waals surface area (Å²) in [7, 11) is 0. The molecule has 1 aliphatic heterocycles. The average molecular weight is 292 g/mol. The molecule has 1 fully saturated rings. The molecule has 0 unspecified atom stereocenters. The summed E-state index contributed by atoms with van der Waals surface area (Å²) in [5, 5.41) is 9.15. The molecule has 0 amide bonds. The first-order valence-corrected chi connectivity index (χ1v) is 7.73. The monoisotopic (exact) mass is 292 g/mol. The summed E-state index contributed by atoms with van der Waals surface area (Å²) in [4.78, 5) is 18.3. The van der Waals surface area contributed by atoms with Crippen LogP contribution in [0.15, 0.2) is 18.3 Å². The van der Waals surface area contributed by atoms with Crippen molar-refractivity contribution in [3.63, 3.8) is 0 Å². The summed E-state index contributed by atoms with van der Waals surface area (Å²) in [5.74, 6) is 0.993. The molecule has 1 aromatic rings. The zero-order valence-electron chi connectivity index (χ0n) is 12.6. The highest BCUT2D eigenvalue weighted by atomic mass is 16.5. The zero-order valence-corrected chi connectivity index (χ0v) is 12.6. The van der Waals surface area contributed by atoms with Crippen LogP contribution < -0.4 is 4.90 Å². The zero-order chi connectivity index (χ0) is 15.1. The molecule has 21 heavy (non-hydrogen) atoms. The van der Waals surface area contributed by atoms with E-state index in [1.807, 2.05) is 6.07 Å². The lowest BCUT2D eigenvalue weighted by molar-refractivity contribution is 0.0499. The van der Waals surface area contributed by atoms with E-state index >= 15 is 0 Å². The van der Waals surface area contributed by atoms with Crippen LogP contribution in [0, 0.1) is 5.92 Å². The second-order valence-corrected chi connectivity index (χ2v) is 5.51. The molecule has 1 N–H and O–H groups in total. The van der Waals surface area contributed by atoms with Crippen LogP contribution in [0.2, 0.25) is 0 Å². The molecule has 0 atom stereocenters. The molecule has 0 spiro atoms. The first kappa shape index (κ1) is 15.8. The molecule has 2 rings (SSSR count). The lowest BCUT2D eigenvalue weighted by Crippen LogP contribution is -2.35. The van der Waals surface area contributed by atoms with E-state index in [2.05, 4.69) is 16.8 Å². The lowest BCUT2D eigenvalue weighted by atomic mass is 9.98. The summed E-state index contributed by atoms with van der Waals surface area (Å²) in [6.45, 7) is 4.59. The SMILES string of the molecule is CCCCOC(=O)c1ccc(N2CCC(CO)CC2)nc1. The number of unbranched alkanes of at least 4 members (excludes halogenated alkanes) is 1. The van der Waals surface area contributed by atoms with Crippen molar-refractivity contribution in [1.29, 1.82) is 0 Å². The van der Waals surface area contributed by atoms with Crippen molar-refractivity contribution in [1.82, 2.24) is 4.98 Å². The molecule has 116 valence electrons. The number of carbonyl (C=O) groups is 1. The topological polar surface area (TPSA) is 62.7 Å². The number of esters is 1. The van der Waals surface area contributed by atoms with Crippen molar-refractivity contribution >= 4 is 11.8 Å². The van der Waals surface area contributed by atoms with Gasteiger partial charge in [0.2, 0.25) is 0 Å². The van der Waals surface area contributed by atoms with Gasteiger partial charge in [-0.25, -0.2) is 9.78 Å². The quantitative estimate of drug-likeness (QED) is 0.643. The summed E-state index contributed by atoms with van der Waals surface area (Å²) in [6, 6.07) is 3.64. The molecule has 1 saturated heterocycles. The molecule has 0 radical (unpaired) electrons. The second-order valence-electron chi connectivity index (χ2n) is 5.51. The Morgan fingerprint density at radius 3 is 2.76 bits per heavy atom. The molecule has 0 aromatic carbocycles. The number of aromatic nitrogens is 1. The molecule has 0 bridgehead atoms. The number of aliphatic hydroxyl groups is 1. The fourth-order valence-corrected chi connectivity index (χ4v) is 2.43. The molecule has 1 aliphatic rings. The van der Waals surface area contributed by atoms with Crippen molar-refractivity contribution in [3.05, 3.63) is 23.9 Å². The molecule has 5 nitrogen and oxygen atoms in total. The van der Waals surface area contributed by atoms with Crippen molar-refractivity contribution in [2.24, 2.45) is 5.92 Å². The lowest BCUT2D eigenvalue weighted by Gasteiger charge is -2.31. The molecule has 2 heterocycles. The summed E-state index contributed by atoms with van der Waals surface area (Å²) in [6.07, 6.45) is 5.45. The first-order chi connectivity index (χ1) is 10.2. The highest BCUT2D eigenvalue weighted by molar-refractivity contribution is 5.89. The maximum Gasteiger partial charge on any atom is 0.339 e. The highest BCUT2D eigenvalue weighted by Gasteiger charge is 2.19. The van der Waals surface area contributed by atoms with Gasteiger partial charge in [-0.15, -0.1) is 0 Å². The summed E-state index contributed by atoms with van der Waals surface area (Å²) in [5.41, 5.74) is 0.500. The average Bonchev–Trinajstić information content (AvgIpc) is 2.55. The predicted octanol–water partition coefficient (Wildman–Crippen LogP) is 2.25. The minimum atomic E-state index is -0.304. The van der Waals surface area contributed by atoms with Crippen LogP contribution in [-0.2, 0) is 4.74 Å². The summed E-state index contributed by atoms with van der Waals surface area (Å²) >= 11 is 0. The Morgan fingerprint density at radius 2 is 2.19 bits per heavy atom. The Morgan fingerprint density at radius 1 is 1.43 bits per heavy atom.